The van der Waals surface area contributed by atoms with Crippen molar-refractivity contribution in [3.05, 3.63) is 22.8 Å². The largest absolute Gasteiger partial charge is 0.412 e. The van der Waals surface area contributed by atoms with E-state index in [9.17, 15) is 0 Å². The number of nitrogens with one attached hydrogen (secondary N) is 2. The first kappa shape index (κ1) is 36.1. The van der Waals surface area contributed by atoms with Gasteiger partial charge in [-0.25, -0.2) is 0 Å². The summed E-state index contributed by atoms with van der Waals surface area (Å²) >= 11 is 6.13. The number of nitrogens with zero attached hydrogens (tertiary/aromatic N) is 1. The second-order valence-corrected chi connectivity index (χ2v) is 10.3. The third kappa shape index (κ3) is 11.6. The van der Waals surface area contributed by atoms with E-state index >= 15 is 0 Å². The first-order chi connectivity index (χ1) is 13.3. The van der Waals surface area contributed by atoms with Crippen molar-refractivity contribution >= 4 is 11.6 Å². The minimum Gasteiger partial charge on any atom is -0.412 e. The molecule has 0 aromatic rings. The summed E-state index contributed by atoms with van der Waals surface area (Å²) in [7, 11) is 0. The molecule has 8 N–H and O–H groups in total. The lowest BCUT2D eigenvalue weighted by Crippen LogP contribution is -2.52. The number of hydrogen-bond acceptors (Lipinski definition) is 3. The summed E-state index contributed by atoms with van der Waals surface area (Å²) in [6, 6.07) is 0.600. The number of allylic oxidation sites excluding steroid dienone is 4. The van der Waals surface area contributed by atoms with Gasteiger partial charge in [-0.1, -0.05) is 65.3 Å². The van der Waals surface area contributed by atoms with E-state index in [1.54, 1.807) is 5.57 Å². The summed E-state index contributed by atoms with van der Waals surface area (Å²) in [6.45, 7) is 18.9. The number of halogens is 1. The van der Waals surface area contributed by atoms with Crippen LogP contribution in [0.25, 0.3) is 0 Å². The zero-order valence-electron chi connectivity index (χ0n) is 20.5. The Bertz CT molecular complexity index is 527. The van der Waals surface area contributed by atoms with Gasteiger partial charge < -0.3 is 32.0 Å². The fourth-order valence-electron chi connectivity index (χ4n) is 4.91. The molecule has 0 amide bonds. The highest BCUT2D eigenvalue weighted by atomic mass is 35.5. The number of hydrogen-bond donors (Lipinski definition) is 2. The third-order valence-electron chi connectivity index (χ3n) is 6.57. The van der Waals surface area contributed by atoms with Crippen LogP contribution >= 0.6 is 11.6 Å². The van der Waals surface area contributed by atoms with E-state index in [1.165, 1.54) is 52.0 Å². The molecule has 1 unspecified atom stereocenters. The molecule has 6 nitrogen and oxygen atoms in total. The molecule has 2 atom stereocenters. The van der Waals surface area contributed by atoms with Crippen molar-refractivity contribution in [2.75, 3.05) is 39.3 Å². The van der Waals surface area contributed by atoms with Crippen molar-refractivity contribution in [1.29, 1.82) is 0 Å². The molecule has 7 heteroatoms. The molecule has 3 rings (SSSR count). The van der Waals surface area contributed by atoms with Crippen molar-refractivity contribution in [2.24, 2.45) is 17.3 Å². The number of likely N-dealkylation sites (tertiary alicyclic amines) is 1. The van der Waals surface area contributed by atoms with Crippen LogP contribution in [0.3, 0.4) is 0 Å². The van der Waals surface area contributed by atoms with Crippen LogP contribution < -0.4 is 10.6 Å². The monoisotopic (exact) mass is 479 g/mol. The standard InChI is InChI=1S/C20H35ClN2.C4H9N.CH4.3H2O/c1-6-22-19(15(2)3)13-23-12-11-18(20(4,5)14-23)16-7-9-17(21)10-8-16;1-2-4-5-3-1;;;;/h7,9,15,18-19,22H,6,8,10-14H2,1-5H3;5H,1-4H2;1H4;3*1H2/t18?,19-;;;;;/m0...../s1. The quantitative estimate of drug-likeness (QED) is 0.607. The molecule has 2 fully saturated rings. The van der Waals surface area contributed by atoms with Crippen molar-refractivity contribution in [2.45, 2.75) is 80.2 Å². The molecule has 0 spiro atoms. The highest BCUT2D eigenvalue weighted by Gasteiger charge is 2.38. The molecule has 2 aliphatic heterocycles. The Morgan fingerprint density at radius 3 is 2.16 bits per heavy atom. The molecule has 2 heterocycles. The lowest BCUT2D eigenvalue weighted by Gasteiger charge is -2.47. The summed E-state index contributed by atoms with van der Waals surface area (Å²) in [5.74, 6) is 1.39. The molecule has 0 aromatic heterocycles. The minimum absolute atomic E-state index is 0. The van der Waals surface area contributed by atoms with E-state index in [1.807, 2.05) is 0 Å². The number of likely N-dealkylation sites (N-methyl/N-ethyl adjacent to an activating group) is 1. The molecule has 1 aliphatic carbocycles. The Hall–Kier alpha value is -0.470. The van der Waals surface area contributed by atoms with Crippen LogP contribution in [0.5, 0.6) is 0 Å². The molecule has 32 heavy (non-hydrogen) atoms. The Morgan fingerprint density at radius 2 is 1.75 bits per heavy atom. The molecular weight excluding hydrogens is 426 g/mol. The van der Waals surface area contributed by atoms with Gasteiger partial charge in [0.05, 0.1) is 0 Å². The zero-order chi connectivity index (χ0) is 20.6. The fraction of sp³-hybridized carbons (Fsp3) is 0.840. The van der Waals surface area contributed by atoms with Crippen molar-refractivity contribution in [3.63, 3.8) is 0 Å². The smallest absolute Gasteiger partial charge is 0.0217 e. The van der Waals surface area contributed by atoms with Gasteiger partial charge >= 0.3 is 0 Å². The van der Waals surface area contributed by atoms with Gasteiger partial charge in [0.1, 0.15) is 0 Å². The Kier molecular flexibility index (Phi) is 20.2. The van der Waals surface area contributed by atoms with Crippen LogP contribution in [0.1, 0.15) is 74.1 Å². The fourth-order valence-corrected chi connectivity index (χ4v) is 5.06. The van der Waals surface area contributed by atoms with Crippen LogP contribution in [0.15, 0.2) is 22.8 Å². The van der Waals surface area contributed by atoms with Crippen LogP contribution in [0.2, 0.25) is 0 Å². The van der Waals surface area contributed by atoms with Crippen LogP contribution in [-0.2, 0) is 0 Å². The SMILES string of the molecule is C.C1CCNC1.CCN[C@@H](CN1CCC(C2=CC=C(Cl)CC2)C(C)(C)C1)C(C)C.O.O.O. The second kappa shape index (κ2) is 17.9. The van der Waals surface area contributed by atoms with E-state index < -0.39 is 0 Å². The maximum atomic E-state index is 6.13. The average molecular weight is 480 g/mol. The minimum atomic E-state index is 0. The molecule has 0 radical (unpaired) electrons. The van der Waals surface area contributed by atoms with Gasteiger partial charge in [0.25, 0.3) is 0 Å². The maximum absolute atomic E-state index is 6.13. The van der Waals surface area contributed by atoms with Gasteiger partial charge in [-0.3, -0.25) is 0 Å². The van der Waals surface area contributed by atoms with Gasteiger partial charge in [-0.15, -0.1) is 0 Å². The summed E-state index contributed by atoms with van der Waals surface area (Å²) in [5, 5.41) is 7.89. The molecule has 0 aromatic carbocycles. The summed E-state index contributed by atoms with van der Waals surface area (Å²) < 4.78 is 0. The van der Waals surface area contributed by atoms with Gasteiger partial charge in [0.15, 0.2) is 0 Å². The Labute approximate surface area is 203 Å². The predicted octanol–water partition coefficient (Wildman–Crippen LogP) is 3.34. The number of piperidine rings is 1. The van der Waals surface area contributed by atoms with Crippen molar-refractivity contribution in [3.8, 4) is 0 Å². The second-order valence-electron chi connectivity index (χ2n) is 9.79. The van der Waals surface area contributed by atoms with Gasteiger partial charge in [-0.05, 0) is 81.6 Å². The lowest BCUT2D eigenvalue weighted by atomic mass is 9.68. The molecule has 0 saturated carbocycles. The average Bonchev–Trinajstić information content (AvgIpc) is 3.22. The first-order valence-electron chi connectivity index (χ1n) is 11.5. The van der Waals surface area contributed by atoms with E-state index in [-0.39, 0.29) is 23.9 Å². The topological polar surface area (TPSA) is 122 Å². The molecule has 3 aliphatic rings. The van der Waals surface area contributed by atoms with Crippen LogP contribution in [0.4, 0.5) is 0 Å². The van der Waals surface area contributed by atoms with Gasteiger partial charge in [0.2, 0.25) is 0 Å². The Morgan fingerprint density at radius 1 is 1.12 bits per heavy atom. The van der Waals surface area contributed by atoms with Gasteiger partial charge in [0, 0.05) is 24.2 Å². The molecule has 2 saturated heterocycles. The van der Waals surface area contributed by atoms with E-state index in [0.29, 0.717) is 23.3 Å². The predicted molar refractivity (Wildman–Crippen MR) is 142 cm³/mol. The van der Waals surface area contributed by atoms with Crippen LogP contribution in [-0.4, -0.2) is 66.6 Å². The van der Waals surface area contributed by atoms with Gasteiger partial charge in [-0.2, -0.15) is 0 Å². The zero-order valence-corrected chi connectivity index (χ0v) is 21.2. The summed E-state index contributed by atoms with van der Waals surface area (Å²) in [4.78, 5) is 2.68. The highest BCUT2D eigenvalue weighted by molar-refractivity contribution is 6.29. The lowest BCUT2D eigenvalue weighted by molar-refractivity contribution is 0.0607. The molecule has 194 valence electrons. The third-order valence-corrected chi connectivity index (χ3v) is 6.88. The molecular formula is C25H54ClN3O3. The maximum Gasteiger partial charge on any atom is 0.0217 e. The summed E-state index contributed by atoms with van der Waals surface area (Å²) in [6.07, 6.45) is 10.6. The van der Waals surface area contributed by atoms with Crippen molar-refractivity contribution < 1.29 is 16.4 Å². The summed E-state index contributed by atoms with van der Waals surface area (Å²) in [5.41, 5.74) is 1.96. The highest BCUT2D eigenvalue weighted by Crippen LogP contribution is 2.42. The first-order valence-corrected chi connectivity index (χ1v) is 11.9. The molecule has 0 bridgehead atoms. The van der Waals surface area contributed by atoms with E-state index in [4.69, 9.17) is 11.6 Å². The Balaban J connectivity index is -0.000000827. The van der Waals surface area contributed by atoms with Crippen LogP contribution in [0, 0.1) is 17.3 Å². The van der Waals surface area contributed by atoms with E-state index in [2.05, 4.69) is 62.3 Å². The van der Waals surface area contributed by atoms with Crippen molar-refractivity contribution in [1.82, 2.24) is 15.5 Å². The number of rotatable bonds is 6. The van der Waals surface area contributed by atoms with E-state index in [0.717, 1.165) is 24.4 Å². The normalized spacial score (nSPS) is 23.0.